The number of hydrogen-bond donors (Lipinski definition) is 2. The first-order valence-corrected chi connectivity index (χ1v) is 6.37. The van der Waals surface area contributed by atoms with Gasteiger partial charge in [0, 0.05) is 16.8 Å². The Hall–Kier alpha value is -2.64. The summed E-state index contributed by atoms with van der Waals surface area (Å²) in [7, 11) is 0. The first-order chi connectivity index (χ1) is 10.1. The average molecular weight is 283 g/mol. The highest BCUT2D eigenvalue weighted by atomic mass is 19.1. The number of carbonyl (C=O) groups excluding carboxylic acids is 1. The van der Waals surface area contributed by atoms with E-state index < -0.39 is 5.82 Å². The van der Waals surface area contributed by atoms with Gasteiger partial charge in [-0.05, 0) is 42.8 Å². The van der Waals surface area contributed by atoms with Crippen LogP contribution >= 0.6 is 0 Å². The molecule has 21 heavy (non-hydrogen) atoms. The first-order valence-electron chi connectivity index (χ1n) is 6.37. The van der Waals surface area contributed by atoms with Crippen LogP contribution in [0.25, 0.3) is 0 Å². The van der Waals surface area contributed by atoms with Gasteiger partial charge >= 0.3 is 0 Å². The summed E-state index contributed by atoms with van der Waals surface area (Å²) in [6.45, 7) is 1.55. The molecule has 0 aliphatic rings. The number of aliphatic hydroxyl groups is 1. The van der Waals surface area contributed by atoms with Gasteiger partial charge < -0.3 is 10.4 Å². The topological polar surface area (TPSA) is 49.3 Å². The molecule has 2 rings (SSSR count). The molecule has 4 heteroatoms. The van der Waals surface area contributed by atoms with Gasteiger partial charge in [-0.25, -0.2) is 4.39 Å². The Bertz CT molecular complexity index is 729. The summed E-state index contributed by atoms with van der Waals surface area (Å²) in [5, 5.41) is 11.3. The van der Waals surface area contributed by atoms with Crippen molar-refractivity contribution in [3.8, 4) is 11.8 Å². The molecule has 0 radical (unpaired) electrons. The van der Waals surface area contributed by atoms with Gasteiger partial charge in [0.1, 0.15) is 12.4 Å². The van der Waals surface area contributed by atoms with Crippen molar-refractivity contribution in [3.05, 3.63) is 65.0 Å². The largest absolute Gasteiger partial charge is 0.384 e. The number of aliphatic hydroxyl groups excluding tert-OH is 1. The Balaban J connectivity index is 2.22. The summed E-state index contributed by atoms with van der Waals surface area (Å²) in [6.07, 6.45) is 0. The maximum atomic E-state index is 13.2. The predicted molar refractivity (Wildman–Crippen MR) is 79.5 cm³/mol. The molecule has 2 aromatic carbocycles. The number of amides is 1. The summed E-state index contributed by atoms with van der Waals surface area (Å²) in [6, 6.07) is 10.9. The predicted octanol–water partition coefficient (Wildman–Crippen LogP) is 2.73. The number of aryl methyl sites for hydroxylation is 1. The third-order valence-corrected chi connectivity index (χ3v) is 2.88. The van der Waals surface area contributed by atoms with Crippen molar-refractivity contribution < 1.29 is 14.3 Å². The fourth-order valence-corrected chi connectivity index (χ4v) is 1.80. The number of nitrogens with one attached hydrogen (secondary N) is 1. The van der Waals surface area contributed by atoms with Crippen molar-refractivity contribution >= 4 is 11.6 Å². The zero-order valence-electron chi connectivity index (χ0n) is 11.5. The summed E-state index contributed by atoms with van der Waals surface area (Å²) >= 11 is 0. The van der Waals surface area contributed by atoms with Crippen LogP contribution in [0, 0.1) is 24.6 Å². The molecule has 1 amide bonds. The molecule has 0 heterocycles. The van der Waals surface area contributed by atoms with Crippen LogP contribution < -0.4 is 5.32 Å². The van der Waals surface area contributed by atoms with Crippen LogP contribution in [0.5, 0.6) is 0 Å². The van der Waals surface area contributed by atoms with E-state index in [4.69, 9.17) is 5.11 Å². The van der Waals surface area contributed by atoms with E-state index in [1.165, 1.54) is 12.1 Å². The molecule has 0 aliphatic carbocycles. The highest BCUT2D eigenvalue weighted by molar-refractivity contribution is 6.04. The summed E-state index contributed by atoms with van der Waals surface area (Å²) in [4.78, 5) is 12.2. The number of rotatable bonds is 2. The lowest BCUT2D eigenvalue weighted by molar-refractivity contribution is 0.102. The van der Waals surface area contributed by atoms with E-state index >= 15 is 0 Å². The van der Waals surface area contributed by atoms with Gasteiger partial charge in [0.25, 0.3) is 5.91 Å². The van der Waals surface area contributed by atoms with Crippen LogP contribution in [-0.4, -0.2) is 17.6 Å². The summed E-state index contributed by atoms with van der Waals surface area (Å²) in [5.41, 5.74) is 2.27. The monoisotopic (exact) mass is 283 g/mol. The Kier molecular flexibility index (Phi) is 4.70. The third-order valence-electron chi connectivity index (χ3n) is 2.88. The number of hydrogen-bond acceptors (Lipinski definition) is 2. The van der Waals surface area contributed by atoms with Gasteiger partial charge in [-0.2, -0.15) is 0 Å². The Morgan fingerprint density at radius 1 is 1.29 bits per heavy atom. The van der Waals surface area contributed by atoms with Crippen LogP contribution in [-0.2, 0) is 0 Å². The summed E-state index contributed by atoms with van der Waals surface area (Å²) < 4.78 is 13.2. The average Bonchev–Trinajstić information content (AvgIpc) is 2.49. The molecule has 0 saturated heterocycles. The van der Waals surface area contributed by atoms with Crippen molar-refractivity contribution in [1.82, 2.24) is 0 Å². The van der Waals surface area contributed by atoms with E-state index in [2.05, 4.69) is 17.2 Å². The molecule has 106 valence electrons. The molecule has 0 aliphatic heterocycles. The standard InChI is InChI=1S/C17H14FNO2/c1-12-7-8-15(18)11-16(12)19-17(21)14-6-2-4-13(10-14)5-3-9-20/h2,4,6-8,10-11,20H,9H2,1H3,(H,19,21). The van der Waals surface area contributed by atoms with Gasteiger partial charge in [0.05, 0.1) is 0 Å². The van der Waals surface area contributed by atoms with E-state index in [1.54, 1.807) is 37.3 Å². The SMILES string of the molecule is Cc1ccc(F)cc1NC(=O)c1cccc(C#CCO)c1. The Morgan fingerprint density at radius 2 is 2.10 bits per heavy atom. The van der Waals surface area contributed by atoms with Gasteiger partial charge in [-0.1, -0.05) is 24.0 Å². The lowest BCUT2D eigenvalue weighted by atomic mass is 10.1. The Labute approximate surface area is 122 Å². The molecular formula is C17H14FNO2. The second kappa shape index (κ2) is 6.69. The smallest absolute Gasteiger partial charge is 0.255 e. The van der Waals surface area contributed by atoms with Crippen molar-refractivity contribution in [1.29, 1.82) is 0 Å². The number of benzene rings is 2. The lowest BCUT2D eigenvalue weighted by Gasteiger charge is -2.08. The highest BCUT2D eigenvalue weighted by Gasteiger charge is 2.08. The minimum Gasteiger partial charge on any atom is -0.384 e. The minimum atomic E-state index is -0.404. The third kappa shape index (κ3) is 3.91. The van der Waals surface area contributed by atoms with Crippen LogP contribution in [0.4, 0.5) is 10.1 Å². The van der Waals surface area contributed by atoms with E-state index in [-0.39, 0.29) is 12.5 Å². The molecule has 0 fully saturated rings. The van der Waals surface area contributed by atoms with Crippen molar-refractivity contribution in [2.24, 2.45) is 0 Å². The molecule has 0 atom stereocenters. The fourth-order valence-electron chi connectivity index (χ4n) is 1.80. The van der Waals surface area contributed by atoms with Crippen LogP contribution in [0.1, 0.15) is 21.5 Å². The van der Waals surface area contributed by atoms with Crippen LogP contribution in [0.15, 0.2) is 42.5 Å². The van der Waals surface area contributed by atoms with E-state index in [0.29, 0.717) is 16.8 Å². The van der Waals surface area contributed by atoms with Crippen LogP contribution in [0.2, 0.25) is 0 Å². The summed E-state index contributed by atoms with van der Waals surface area (Å²) in [5.74, 6) is 4.51. The molecule has 0 bridgehead atoms. The normalized spacial score (nSPS) is 9.67. The molecule has 0 unspecified atom stereocenters. The maximum absolute atomic E-state index is 13.2. The van der Waals surface area contributed by atoms with Gasteiger partial charge in [-0.3, -0.25) is 4.79 Å². The number of halogens is 1. The van der Waals surface area contributed by atoms with E-state index in [1.807, 2.05) is 0 Å². The lowest BCUT2D eigenvalue weighted by Crippen LogP contribution is -2.13. The van der Waals surface area contributed by atoms with Crippen molar-refractivity contribution in [2.75, 3.05) is 11.9 Å². The van der Waals surface area contributed by atoms with E-state index in [0.717, 1.165) is 5.56 Å². The van der Waals surface area contributed by atoms with Crippen molar-refractivity contribution in [2.45, 2.75) is 6.92 Å². The first kappa shape index (κ1) is 14.8. The number of carbonyl (C=O) groups is 1. The zero-order valence-corrected chi connectivity index (χ0v) is 11.5. The molecule has 2 N–H and O–H groups in total. The molecular weight excluding hydrogens is 269 g/mol. The molecule has 0 spiro atoms. The molecule has 0 saturated carbocycles. The van der Waals surface area contributed by atoms with Crippen molar-refractivity contribution in [3.63, 3.8) is 0 Å². The minimum absolute atomic E-state index is 0.237. The van der Waals surface area contributed by atoms with Gasteiger partial charge in [0.15, 0.2) is 0 Å². The molecule has 2 aromatic rings. The second-order valence-electron chi connectivity index (χ2n) is 4.45. The highest BCUT2D eigenvalue weighted by Crippen LogP contribution is 2.17. The maximum Gasteiger partial charge on any atom is 0.255 e. The van der Waals surface area contributed by atoms with E-state index in [9.17, 15) is 9.18 Å². The van der Waals surface area contributed by atoms with Crippen LogP contribution in [0.3, 0.4) is 0 Å². The quantitative estimate of drug-likeness (QED) is 0.833. The fraction of sp³-hybridized carbons (Fsp3) is 0.118. The second-order valence-corrected chi connectivity index (χ2v) is 4.45. The Morgan fingerprint density at radius 3 is 2.86 bits per heavy atom. The number of anilines is 1. The van der Waals surface area contributed by atoms with Gasteiger partial charge in [0.2, 0.25) is 0 Å². The molecule has 3 nitrogen and oxygen atoms in total. The molecule has 0 aromatic heterocycles. The van der Waals surface area contributed by atoms with Gasteiger partial charge in [-0.15, -0.1) is 0 Å². The zero-order chi connectivity index (χ0) is 15.2.